The predicted molar refractivity (Wildman–Crippen MR) is 83.7 cm³/mol. The zero-order valence-corrected chi connectivity index (χ0v) is 12.7. The lowest BCUT2D eigenvalue weighted by Crippen LogP contribution is -2.20. The van der Waals surface area contributed by atoms with Gasteiger partial charge in [-0.15, -0.1) is 5.10 Å². The first-order chi connectivity index (χ1) is 10.4. The largest absolute Gasteiger partial charge is 0.378 e. The lowest BCUT2D eigenvalue weighted by atomic mass is 10.2. The number of nitrogens with one attached hydrogen (secondary N) is 2. The van der Waals surface area contributed by atoms with Crippen LogP contribution in [0.4, 0.5) is 17.2 Å². The van der Waals surface area contributed by atoms with Crippen LogP contribution in [0.2, 0.25) is 0 Å². The number of anilines is 3. The minimum absolute atomic E-state index is 0.0327. The Morgan fingerprint density at radius 3 is 2.45 bits per heavy atom. The number of hydrogen-bond acceptors (Lipinski definition) is 5. The van der Waals surface area contributed by atoms with Crippen LogP contribution in [-0.2, 0) is 16.1 Å². The lowest BCUT2D eigenvalue weighted by molar-refractivity contribution is -0.117. The Labute approximate surface area is 128 Å². The van der Waals surface area contributed by atoms with E-state index in [1.807, 2.05) is 43.3 Å². The molecule has 2 rings (SSSR count). The van der Waals surface area contributed by atoms with Gasteiger partial charge >= 0.3 is 0 Å². The average Bonchev–Trinajstić information content (AvgIpc) is 2.85. The molecule has 0 aliphatic heterocycles. The first kappa shape index (κ1) is 15.5. The molecule has 0 saturated heterocycles. The van der Waals surface area contributed by atoms with Gasteiger partial charge in [-0.2, -0.15) is 9.90 Å². The van der Waals surface area contributed by atoms with Gasteiger partial charge in [0.2, 0.25) is 11.8 Å². The minimum atomic E-state index is -0.248. The maximum atomic E-state index is 11.9. The molecule has 0 bridgehead atoms. The summed E-state index contributed by atoms with van der Waals surface area (Å²) in [6.45, 7) is 1.35. The smallest absolute Gasteiger partial charge is 0.247 e. The second-order valence-electron chi connectivity index (χ2n) is 4.93. The fourth-order valence-electron chi connectivity index (χ4n) is 1.78. The van der Waals surface area contributed by atoms with Crippen molar-refractivity contribution in [3.05, 3.63) is 30.5 Å². The number of hydrogen-bond donors (Lipinski definition) is 2. The average molecular weight is 302 g/mol. The highest BCUT2D eigenvalue weighted by Gasteiger charge is 2.07. The van der Waals surface area contributed by atoms with E-state index in [2.05, 4.69) is 20.8 Å². The van der Waals surface area contributed by atoms with Crippen LogP contribution < -0.4 is 15.5 Å². The van der Waals surface area contributed by atoms with Gasteiger partial charge in [-0.3, -0.25) is 9.59 Å². The molecule has 8 heteroatoms. The van der Waals surface area contributed by atoms with E-state index in [-0.39, 0.29) is 18.4 Å². The van der Waals surface area contributed by atoms with Crippen molar-refractivity contribution in [2.75, 3.05) is 29.6 Å². The predicted octanol–water partition coefficient (Wildman–Crippen LogP) is 0.941. The van der Waals surface area contributed by atoms with Gasteiger partial charge in [0.15, 0.2) is 5.82 Å². The number of benzene rings is 1. The summed E-state index contributed by atoms with van der Waals surface area (Å²) >= 11 is 0. The maximum absolute atomic E-state index is 11.9. The molecule has 2 amide bonds. The summed E-state index contributed by atoms with van der Waals surface area (Å²) in [5.74, 6) is -0.171. The van der Waals surface area contributed by atoms with E-state index in [9.17, 15) is 9.59 Å². The van der Waals surface area contributed by atoms with Gasteiger partial charge in [0.25, 0.3) is 0 Å². The molecule has 116 valence electrons. The van der Waals surface area contributed by atoms with Gasteiger partial charge in [0.1, 0.15) is 6.54 Å². The summed E-state index contributed by atoms with van der Waals surface area (Å²) in [4.78, 5) is 26.0. The van der Waals surface area contributed by atoms with Crippen LogP contribution in [0, 0.1) is 0 Å². The van der Waals surface area contributed by atoms with Crippen molar-refractivity contribution >= 4 is 29.0 Å². The van der Waals surface area contributed by atoms with Gasteiger partial charge in [-0.1, -0.05) is 0 Å². The first-order valence-electron chi connectivity index (χ1n) is 6.69. The molecule has 0 spiro atoms. The summed E-state index contributed by atoms with van der Waals surface area (Å²) in [5, 5.41) is 13.1. The molecule has 0 radical (unpaired) electrons. The van der Waals surface area contributed by atoms with Gasteiger partial charge < -0.3 is 15.5 Å². The van der Waals surface area contributed by atoms with E-state index in [1.165, 1.54) is 17.9 Å². The van der Waals surface area contributed by atoms with Crippen LogP contribution in [0.25, 0.3) is 0 Å². The zero-order chi connectivity index (χ0) is 16.1. The Bertz CT molecular complexity index is 662. The van der Waals surface area contributed by atoms with Crippen molar-refractivity contribution in [3.8, 4) is 0 Å². The van der Waals surface area contributed by atoms with E-state index in [1.54, 1.807) is 0 Å². The Balaban J connectivity index is 1.92. The van der Waals surface area contributed by atoms with E-state index in [0.29, 0.717) is 11.5 Å². The fraction of sp³-hybridized carbons (Fsp3) is 0.286. The van der Waals surface area contributed by atoms with Crippen molar-refractivity contribution in [2.45, 2.75) is 13.5 Å². The summed E-state index contributed by atoms with van der Waals surface area (Å²) in [6.07, 6.45) is 1.39. The molecule has 1 aromatic carbocycles. The van der Waals surface area contributed by atoms with E-state index < -0.39 is 0 Å². The first-order valence-corrected chi connectivity index (χ1v) is 6.69. The number of nitrogens with zero attached hydrogens (tertiary/aromatic N) is 4. The van der Waals surface area contributed by atoms with Crippen molar-refractivity contribution in [2.24, 2.45) is 0 Å². The third-order valence-corrected chi connectivity index (χ3v) is 2.79. The minimum Gasteiger partial charge on any atom is -0.378 e. The molecule has 1 heterocycles. The highest BCUT2D eigenvalue weighted by molar-refractivity contribution is 5.90. The summed E-state index contributed by atoms with van der Waals surface area (Å²) in [6, 6.07) is 7.48. The van der Waals surface area contributed by atoms with E-state index in [4.69, 9.17) is 0 Å². The normalized spacial score (nSPS) is 10.1. The molecule has 22 heavy (non-hydrogen) atoms. The number of aromatic nitrogens is 3. The van der Waals surface area contributed by atoms with Gasteiger partial charge in [0, 0.05) is 32.4 Å². The van der Waals surface area contributed by atoms with Crippen LogP contribution >= 0.6 is 0 Å². The van der Waals surface area contributed by atoms with Gasteiger partial charge in [-0.25, -0.2) is 0 Å². The molecular weight excluding hydrogens is 284 g/mol. The Kier molecular flexibility index (Phi) is 4.72. The molecule has 8 nitrogen and oxygen atoms in total. The lowest BCUT2D eigenvalue weighted by Gasteiger charge is -2.12. The zero-order valence-electron chi connectivity index (χ0n) is 12.7. The van der Waals surface area contributed by atoms with E-state index in [0.717, 1.165) is 5.69 Å². The summed E-state index contributed by atoms with van der Waals surface area (Å²) in [7, 11) is 3.90. The fourth-order valence-corrected chi connectivity index (χ4v) is 1.78. The number of rotatable bonds is 5. The SMILES string of the molecule is CC(=O)Nc1cnn(CC(=O)Nc2ccc(N(C)C)cc2)n1. The summed E-state index contributed by atoms with van der Waals surface area (Å²) < 4.78 is 0. The highest BCUT2D eigenvalue weighted by atomic mass is 16.2. The Hall–Kier alpha value is -2.90. The molecule has 2 aromatic rings. The third kappa shape index (κ3) is 4.30. The van der Waals surface area contributed by atoms with Crippen molar-refractivity contribution < 1.29 is 9.59 Å². The molecule has 0 saturated carbocycles. The molecular formula is C14H18N6O2. The molecule has 0 unspecified atom stereocenters. The van der Waals surface area contributed by atoms with Crippen LogP contribution in [-0.4, -0.2) is 40.9 Å². The van der Waals surface area contributed by atoms with Crippen LogP contribution in [0.5, 0.6) is 0 Å². The molecule has 1 aromatic heterocycles. The van der Waals surface area contributed by atoms with Crippen molar-refractivity contribution in [1.29, 1.82) is 0 Å². The van der Waals surface area contributed by atoms with Crippen molar-refractivity contribution in [1.82, 2.24) is 15.0 Å². The topological polar surface area (TPSA) is 92.1 Å². The van der Waals surface area contributed by atoms with Crippen molar-refractivity contribution in [3.63, 3.8) is 0 Å². The number of carbonyl (C=O) groups is 2. The third-order valence-electron chi connectivity index (χ3n) is 2.79. The second-order valence-corrected chi connectivity index (χ2v) is 4.93. The van der Waals surface area contributed by atoms with Crippen LogP contribution in [0.3, 0.4) is 0 Å². The monoisotopic (exact) mass is 302 g/mol. The van der Waals surface area contributed by atoms with Gasteiger partial charge in [-0.05, 0) is 24.3 Å². The summed E-state index contributed by atoms with van der Waals surface area (Å²) in [5.41, 5.74) is 1.75. The molecule has 2 N–H and O–H groups in total. The number of carbonyl (C=O) groups excluding carboxylic acids is 2. The molecule has 0 aliphatic carbocycles. The molecule has 0 fully saturated rings. The number of amides is 2. The Morgan fingerprint density at radius 2 is 1.86 bits per heavy atom. The van der Waals surface area contributed by atoms with Crippen LogP contribution in [0.15, 0.2) is 30.5 Å². The highest BCUT2D eigenvalue weighted by Crippen LogP contribution is 2.15. The van der Waals surface area contributed by atoms with E-state index >= 15 is 0 Å². The maximum Gasteiger partial charge on any atom is 0.247 e. The second kappa shape index (κ2) is 6.70. The standard InChI is InChI=1S/C14H18N6O2/c1-10(21)16-13-8-15-20(18-13)9-14(22)17-11-4-6-12(7-5-11)19(2)3/h4-8H,9H2,1-3H3,(H,17,22)(H,16,18,21). The van der Waals surface area contributed by atoms with Crippen LogP contribution in [0.1, 0.15) is 6.92 Å². The quantitative estimate of drug-likeness (QED) is 0.857. The van der Waals surface area contributed by atoms with Gasteiger partial charge in [0.05, 0.1) is 6.20 Å². The molecule has 0 aliphatic rings. The Morgan fingerprint density at radius 1 is 1.18 bits per heavy atom. The molecule has 0 atom stereocenters.